The summed E-state index contributed by atoms with van der Waals surface area (Å²) in [6, 6.07) is 10.7. The topological polar surface area (TPSA) is 72.5 Å². The first-order valence-corrected chi connectivity index (χ1v) is 17.9. The van der Waals surface area contributed by atoms with Crippen molar-refractivity contribution in [3.05, 3.63) is 60.2 Å². The van der Waals surface area contributed by atoms with E-state index in [1.807, 2.05) is 0 Å². The summed E-state index contributed by atoms with van der Waals surface area (Å²) in [7, 11) is 0. The lowest BCUT2D eigenvalue weighted by molar-refractivity contribution is -0.203. The summed E-state index contributed by atoms with van der Waals surface area (Å²) in [5.74, 6) is 0.391. The molecule has 0 aromatic heterocycles. The number of carbonyl (C=O) groups excluding carboxylic acids is 1. The van der Waals surface area contributed by atoms with Gasteiger partial charge in [0.05, 0.1) is 18.3 Å². The molecule has 8 atom stereocenters. The molecule has 3 saturated heterocycles. The van der Waals surface area contributed by atoms with E-state index in [1.54, 1.807) is 0 Å². The molecule has 0 bridgehead atoms. The van der Waals surface area contributed by atoms with Crippen LogP contribution in [0.25, 0.3) is 0 Å². The van der Waals surface area contributed by atoms with E-state index in [4.69, 9.17) is 28.4 Å². The lowest BCUT2D eigenvalue weighted by atomic mass is 9.89. The number of aldehydes is 1. The average molecular weight is 625 g/mol. The van der Waals surface area contributed by atoms with Gasteiger partial charge in [0.15, 0.2) is 18.9 Å². The second kappa shape index (κ2) is 19.7. The number of unbranched alkanes of at least 4 members (excludes halogenated alkanes) is 2. The highest BCUT2D eigenvalue weighted by Gasteiger charge is 2.45. The van der Waals surface area contributed by atoms with Crippen molar-refractivity contribution in [3.8, 4) is 0 Å². The normalized spacial score (nSPS) is 31.9. The van der Waals surface area contributed by atoms with Gasteiger partial charge in [0, 0.05) is 38.6 Å². The molecule has 3 aliphatic heterocycles. The fourth-order valence-electron chi connectivity index (χ4n) is 7.11. The maximum Gasteiger partial charge on any atom is 0.158 e. The molecule has 7 nitrogen and oxygen atoms in total. The van der Waals surface area contributed by atoms with Gasteiger partial charge >= 0.3 is 0 Å². The van der Waals surface area contributed by atoms with E-state index >= 15 is 0 Å². The largest absolute Gasteiger partial charge is 0.353 e. The zero-order valence-corrected chi connectivity index (χ0v) is 27.2. The smallest absolute Gasteiger partial charge is 0.158 e. The molecule has 0 N–H and O–H groups in total. The van der Waals surface area contributed by atoms with Crippen molar-refractivity contribution in [2.45, 2.75) is 140 Å². The molecular weight excluding hydrogens is 568 g/mol. The van der Waals surface area contributed by atoms with E-state index in [0.717, 1.165) is 122 Å². The van der Waals surface area contributed by atoms with Crippen LogP contribution in [0.5, 0.6) is 0 Å². The minimum absolute atomic E-state index is 0.00731. The molecule has 1 aromatic rings. The number of ether oxygens (including phenoxy) is 6. The first-order chi connectivity index (χ1) is 22.3. The standard InChI is InChI=1S/C38H56O7/c39-25-11-3-1-2-7-17-32-33(24-23-31(43-36-18-8-12-26-40-36)22-21-30-15-5-4-6-16-30)35(45-38-20-10-14-28-42-38)29-34(32)44-37-19-9-13-27-41-37/h2,4-7,15-16,23-25,31-38H,1,3,8-14,17-22,26-29H2/t31?,32-,33-,34+,35-,36+,37?,38?/m1/s1. The molecule has 0 spiro atoms. The lowest BCUT2D eigenvalue weighted by Gasteiger charge is -2.30. The highest BCUT2D eigenvalue weighted by atomic mass is 16.7. The van der Waals surface area contributed by atoms with Crippen LogP contribution in [0.2, 0.25) is 0 Å². The molecule has 3 heterocycles. The Morgan fingerprint density at radius 3 is 2.09 bits per heavy atom. The molecule has 3 unspecified atom stereocenters. The third-order valence-corrected chi connectivity index (χ3v) is 9.64. The van der Waals surface area contributed by atoms with Crippen LogP contribution in [0.3, 0.4) is 0 Å². The summed E-state index contributed by atoms with van der Waals surface area (Å²) in [6.45, 7) is 2.29. The van der Waals surface area contributed by atoms with Crippen LogP contribution in [-0.2, 0) is 39.6 Å². The van der Waals surface area contributed by atoms with Gasteiger partial charge in [-0.3, -0.25) is 0 Å². The maximum atomic E-state index is 10.8. The number of aryl methyl sites for hydroxylation is 1. The maximum absolute atomic E-state index is 10.8. The fraction of sp³-hybridized carbons (Fsp3) is 0.711. The molecule has 1 saturated carbocycles. The second-order valence-electron chi connectivity index (χ2n) is 13.1. The molecule has 1 aromatic carbocycles. The molecule has 4 fully saturated rings. The van der Waals surface area contributed by atoms with Crippen LogP contribution in [0.15, 0.2) is 54.6 Å². The van der Waals surface area contributed by atoms with Crippen molar-refractivity contribution in [1.29, 1.82) is 0 Å². The van der Waals surface area contributed by atoms with Crippen LogP contribution in [0.4, 0.5) is 0 Å². The van der Waals surface area contributed by atoms with E-state index in [9.17, 15) is 4.79 Å². The van der Waals surface area contributed by atoms with Crippen molar-refractivity contribution >= 4 is 6.29 Å². The summed E-state index contributed by atoms with van der Waals surface area (Å²) in [5, 5.41) is 0. The van der Waals surface area contributed by atoms with Crippen LogP contribution >= 0.6 is 0 Å². The summed E-state index contributed by atoms with van der Waals surface area (Å²) in [6.07, 6.45) is 25.2. The summed E-state index contributed by atoms with van der Waals surface area (Å²) in [5.41, 5.74) is 1.32. The van der Waals surface area contributed by atoms with E-state index < -0.39 is 0 Å². The Morgan fingerprint density at radius 1 is 0.778 bits per heavy atom. The Morgan fingerprint density at radius 2 is 1.44 bits per heavy atom. The van der Waals surface area contributed by atoms with Gasteiger partial charge in [0.25, 0.3) is 0 Å². The highest BCUT2D eigenvalue weighted by Crippen LogP contribution is 2.42. The zero-order chi connectivity index (χ0) is 30.9. The Labute approximate surface area is 271 Å². The van der Waals surface area contributed by atoms with E-state index in [-0.39, 0.29) is 49.0 Å². The van der Waals surface area contributed by atoms with Crippen molar-refractivity contribution in [2.75, 3.05) is 19.8 Å². The number of hydrogen-bond acceptors (Lipinski definition) is 7. The van der Waals surface area contributed by atoms with Gasteiger partial charge in [-0.1, -0.05) is 54.6 Å². The monoisotopic (exact) mass is 624 g/mol. The number of benzene rings is 1. The summed E-state index contributed by atoms with van der Waals surface area (Å²) < 4.78 is 38.2. The Hall–Kier alpha value is -1.87. The molecular formula is C38H56O7. The first kappa shape index (κ1) is 34.5. The van der Waals surface area contributed by atoms with Gasteiger partial charge in [-0.25, -0.2) is 0 Å². The van der Waals surface area contributed by atoms with Crippen LogP contribution in [0, 0.1) is 11.8 Å². The van der Waals surface area contributed by atoms with Crippen molar-refractivity contribution in [2.24, 2.45) is 11.8 Å². The summed E-state index contributed by atoms with van der Waals surface area (Å²) >= 11 is 0. The van der Waals surface area contributed by atoms with Gasteiger partial charge in [0.1, 0.15) is 6.29 Å². The fourth-order valence-corrected chi connectivity index (χ4v) is 7.11. The molecule has 1 aliphatic carbocycles. The average Bonchev–Trinajstić information content (AvgIpc) is 3.40. The van der Waals surface area contributed by atoms with Gasteiger partial charge in [-0.15, -0.1) is 0 Å². The summed E-state index contributed by atoms with van der Waals surface area (Å²) in [4.78, 5) is 10.8. The Balaban J connectivity index is 1.34. The predicted molar refractivity (Wildman–Crippen MR) is 175 cm³/mol. The third kappa shape index (κ3) is 11.7. The number of carbonyl (C=O) groups is 1. The Bertz CT molecular complexity index is 995. The predicted octanol–water partition coefficient (Wildman–Crippen LogP) is 7.86. The number of allylic oxidation sites excluding steroid dienone is 2. The second-order valence-corrected chi connectivity index (χ2v) is 13.1. The third-order valence-electron chi connectivity index (χ3n) is 9.64. The van der Waals surface area contributed by atoms with Crippen LogP contribution < -0.4 is 0 Å². The van der Waals surface area contributed by atoms with E-state index in [0.29, 0.717) is 6.42 Å². The number of rotatable bonds is 17. The first-order valence-electron chi connectivity index (χ1n) is 17.9. The molecule has 0 amide bonds. The minimum atomic E-state index is -0.162. The molecule has 5 rings (SSSR count). The van der Waals surface area contributed by atoms with E-state index in [2.05, 4.69) is 54.6 Å². The van der Waals surface area contributed by atoms with Crippen molar-refractivity contribution < 1.29 is 33.2 Å². The van der Waals surface area contributed by atoms with Gasteiger partial charge in [0.2, 0.25) is 0 Å². The lowest BCUT2D eigenvalue weighted by Crippen LogP contribution is -2.31. The minimum Gasteiger partial charge on any atom is -0.353 e. The van der Waals surface area contributed by atoms with Crippen LogP contribution in [0.1, 0.15) is 102 Å². The van der Waals surface area contributed by atoms with Gasteiger partial charge < -0.3 is 33.2 Å². The molecule has 250 valence electrons. The zero-order valence-electron chi connectivity index (χ0n) is 27.2. The quantitative estimate of drug-likeness (QED) is 0.0993. The molecule has 4 aliphatic rings. The molecule has 45 heavy (non-hydrogen) atoms. The van der Waals surface area contributed by atoms with Crippen LogP contribution in [-0.4, -0.2) is 63.3 Å². The Kier molecular flexibility index (Phi) is 15.1. The van der Waals surface area contributed by atoms with E-state index in [1.165, 1.54) is 5.56 Å². The van der Waals surface area contributed by atoms with Gasteiger partial charge in [-0.2, -0.15) is 0 Å². The SMILES string of the molecule is O=CCCCC=CC[C@@H]1[C@@H](C=CC(CCc2ccccc2)O[C@H]2CCCCO2)[C@H](OC2CCCCO2)C[C@@H]1OC1CCCCO1. The molecule has 0 radical (unpaired) electrons. The number of hydrogen-bond donors (Lipinski definition) is 0. The molecule has 7 heteroatoms. The highest BCUT2D eigenvalue weighted by molar-refractivity contribution is 5.49. The van der Waals surface area contributed by atoms with Crippen molar-refractivity contribution in [1.82, 2.24) is 0 Å². The van der Waals surface area contributed by atoms with Crippen molar-refractivity contribution in [3.63, 3.8) is 0 Å². The van der Waals surface area contributed by atoms with Gasteiger partial charge in [-0.05, 0) is 101 Å².